The van der Waals surface area contributed by atoms with Crippen LogP contribution in [0.25, 0.3) is 10.9 Å². The van der Waals surface area contributed by atoms with Crippen molar-refractivity contribution < 1.29 is 9.90 Å². The third-order valence-corrected chi connectivity index (χ3v) is 4.07. The van der Waals surface area contributed by atoms with E-state index in [0.29, 0.717) is 12.1 Å². The lowest BCUT2D eigenvalue weighted by Crippen LogP contribution is -2.03. The monoisotopic (exact) mass is 302 g/mol. The van der Waals surface area contributed by atoms with Crippen LogP contribution >= 0.6 is 0 Å². The first-order valence-electron chi connectivity index (χ1n) is 8.08. The molecule has 120 valence electrons. The fourth-order valence-corrected chi connectivity index (χ4v) is 3.02. The first-order chi connectivity index (χ1) is 10.5. The molecule has 0 fully saturated rings. The Morgan fingerprint density at radius 3 is 2.64 bits per heavy atom. The average Bonchev–Trinajstić information content (AvgIpc) is 2.82. The van der Waals surface area contributed by atoms with Crippen LogP contribution in [0.1, 0.15) is 61.0 Å². The number of rotatable bonds is 7. The highest BCUT2D eigenvalue weighted by Crippen LogP contribution is 2.32. The summed E-state index contributed by atoms with van der Waals surface area (Å²) in [4.78, 5) is 11.5. The maximum atomic E-state index is 11.5. The Balaban J connectivity index is 2.72. The Labute approximate surface area is 131 Å². The van der Waals surface area contributed by atoms with Gasteiger partial charge < -0.3 is 15.4 Å². The molecule has 2 aromatic rings. The smallest absolute Gasteiger partial charge is 0.335 e. The molecule has 1 aromatic carbocycles. The zero-order valence-electron chi connectivity index (χ0n) is 13.7. The van der Waals surface area contributed by atoms with E-state index in [9.17, 15) is 9.90 Å². The Kier molecular flexibility index (Phi) is 5.24. The first-order valence-corrected chi connectivity index (χ1v) is 8.08. The summed E-state index contributed by atoms with van der Waals surface area (Å²) in [5.74, 6) is -0.577. The quantitative estimate of drug-likeness (QED) is 0.818. The number of carboxylic acids is 1. The van der Waals surface area contributed by atoms with Crippen molar-refractivity contribution in [3.63, 3.8) is 0 Å². The van der Waals surface area contributed by atoms with Gasteiger partial charge in [-0.1, -0.05) is 20.8 Å². The molecule has 0 aliphatic carbocycles. The van der Waals surface area contributed by atoms with Gasteiger partial charge in [-0.25, -0.2) is 4.79 Å². The lowest BCUT2D eigenvalue weighted by molar-refractivity contribution is 0.0697. The van der Waals surface area contributed by atoms with Crippen LogP contribution in [0.3, 0.4) is 0 Å². The number of carbonyl (C=O) groups is 1. The zero-order chi connectivity index (χ0) is 16.3. The molecule has 0 radical (unpaired) electrons. The van der Waals surface area contributed by atoms with Gasteiger partial charge in [0.2, 0.25) is 0 Å². The van der Waals surface area contributed by atoms with Crippen molar-refractivity contribution in [2.75, 3.05) is 6.54 Å². The summed E-state index contributed by atoms with van der Waals surface area (Å²) in [7, 11) is 0. The third kappa shape index (κ3) is 3.17. The zero-order valence-corrected chi connectivity index (χ0v) is 13.7. The molecule has 0 amide bonds. The van der Waals surface area contributed by atoms with E-state index in [0.717, 1.165) is 36.8 Å². The predicted octanol–water partition coefficient (Wildman–Crippen LogP) is 3.76. The van der Waals surface area contributed by atoms with Crippen LogP contribution in [0.15, 0.2) is 18.3 Å². The van der Waals surface area contributed by atoms with Gasteiger partial charge in [0, 0.05) is 18.1 Å². The summed E-state index contributed by atoms with van der Waals surface area (Å²) < 4.78 is 2.28. The van der Waals surface area contributed by atoms with Gasteiger partial charge in [-0.2, -0.15) is 0 Å². The molecule has 4 heteroatoms. The maximum Gasteiger partial charge on any atom is 0.335 e. The van der Waals surface area contributed by atoms with Crippen LogP contribution in [0, 0.1) is 0 Å². The molecular weight excluding hydrogens is 276 g/mol. The number of aromatic carboxylic acids is 1. The van der Waals surface area contributed by atoms with E-state index < -0.39 is 5.97 Å². The van der Waals surface area contributed by atoms with Gasteiger partial charge >= 0.3 is 5.97 Å². The van der Waals surface area contributed by atoms with Crippen LogP contribution in [0.5, 0.6) is 0 Å². The Bertz CT molecular complexity index is 671. The van der Waals surface area contributed by atoms with Gasteiger partial charge in [-0.3, -0.25) is 0 Å². The van der Waals surface area contributed by atoms with Crippen molar-refractivity contribution in [3.8, 4) is 0 Å². The van der Waals surface area contributed by atoms with Gasteiger partial charge in [-0.15, -0.1) is 0 Å². The molecule has 2 rings (SSSR count). The summed E-state index contributed by atoms with van der Waals surface area (Å²) >= 11 is 0. The van der Waals surface area contributed by atoms with Crippen molar-refractivity contribution in [2.45, 2.75) is 52.5 Å². The average molecular weight is 302 g/mol. The Morgan fingerprint density at radius 2 is 2.09 bits per heavy atom. The number of fused-ring (bicyclic) bond motifs is 1. The minimum atomic E-state index is -0.864. The molecule has 3 N–H and O–H groups in total. The first kappa shape index (κ1) is 16.6. The largest absolute Gasteiger partial charge is 0.478 e. The minimum Gasteiger partial charge on any atom is -0.478 e. The Hall–Kier alpha value is -1.81. The number of aromatic nitrogens is 1. The molecule has 4 nitrogen and oxygen atoms in total. The second-order valence-corrected chi connectivity index (χ2v) is 6.16. The second kappa shape index (κ2) is 6.97. The fourth-order valence-electron chi connectivity index (χ4n) is 3.02. The predicted molar refractivity (Wildman–Crippen MR) is 90.7 cm³/mol. The summed E-state index contributed by atoms with van der Waals surface area (Å²) in [5.41, 5.74) is 9.53. The van der Waals surface area contributed by atoms with Crippen molar-refractivity contribution in [1.82, 2.24) is 4.57 Å². The molecule has 0 bridgehead atoms. The molecule has 22 heavy (non-hydrogen) atoms. The highest BCUT2D eigenvalue weighted by molar-refractivity contribution is 5.97. The molecule has 1 aromatic heterocycles. The lowest BCUT2D eigenvalue weighted by atomic mass is 9.95. The molecule has 1 heterocycles. The van der Waals surface area contributed by atoms with Gasteiger partial charge in [0.25, 0.3) is 0 Å². The van der Waals surface area contributed by atoms with E-state index in [2.05, 4.69) is 31.5 Å². The fraction of sp³-hybridized carbons (Fsp3) is 0.500. The van der Waals surface area contributed by atoms with Crippen molar-refractivity contribution in [1.29, 1.82) is 0 Å². The second-order valence-electron chi connectivity index (χ2n) is 6.16. The number of hydrogen-bond donors (Lipinski definition) is 2. The van der Waals surface area contributed by atoms with Crippen LogP contribution in [0.2, 0.25) is 0 Å². The Morgan fingerprint density at radius 1 is 1.36 bits per heavy atom. The molecule has 0 unspecified atom stereocenters. The SMILES string of the molecule is CCCn1cc(CCCN)c2cc(C(=O)O)cc(C(C)C)c21. The number of carboxylic acid groups (broad SMARTS) is 1. The molecule has 0 aliphatic rings. The van der Waals surface area contributed by atoms with Crippen molar-refractivity contribution in [3.05, 3.63) is 35.0 Å². The van der Waals surface area contributed by atoms with Crippen molar-refractivity contribution >= 4 is 16.9 Å². The van der Waals surface area contributed by atoms with Crippen molar-refractivity contribution in [2.24, 2.45) is 5.73 Å². The minimum absolute atomic E-state index is 0.287. The number of nitrogens with two attached hydrogens (primary N) is 1. The van der Waals surface area contributed by atoms with Crippen LogP contribution < -0.4 is 5.73 Å². The summed E-state index contributed by atoms with van der Waals surface area (Å²) in [6.45, 7) is 7.99. The van der Waals surface area contributed by atoms with E-state index in [-0.39, 0.29) is 5.92 Å². The number of benzene rings is 1. The molecule has 0 saturated carbocycles. The maximum absolute atomic E-state index is 11.5. The highest BCUT2D eigenvalue weighted by Gasteiger charge is 2.17. The summed E-state index contributed by atoms with van der Waals surface area (Å²) in [6.07, 6.45) is 5.05. The van der Waals surface area contributed by atoms with E-state index in [1.165, 1.54) is 11.1 Å². The molecular formula is C18H26N2O2. The van der Waals surface area contributed by atoms with Gasteiger partial charge in [0.05, 0.1) is 11.1 Å². The summed E-state index contributed by atoms with van der Waals surface area (Å²) in [6, 6.07) is 3.65. The van der Waals surface area contributed by atoms with Crippen LogP contribution in [-0.4, -0.2) is 22.2 Å². The molecule has 0 atom stereocenters. The lowest BCUT2D eigenvalue weighted by Gasteiger charge is -2.13. The molecule has 0 saturated heterocycles. The summed E-state index contributed by atoms with van der Waals surface area (Å²) in [5, 5.41) is 10.5. The molecule has 0 aliphatic heterocycles. The van der Waals surface area contributed by atoms with E-state index >= 15 is 0 Å². The molecule has 0 spiro atoms. The van der Waals surface area contributed by atoms with E-state index in [1.807, 2.05) is 12.1 Å². The van der Waals surface area contributed by atoms with Crippen LogP contribution in [-0.2, 0) is 13.0 Å². The number of hydrogen-bond acceptors (Lipinski definition) is 2. The van der Waals surface area contributed by atoms with Gasteiger partial charge in [0.1, 0.15) is 0 Å². The van der Waals surface area contributed by atoms with Gasteiger partial charge in [0.15, 0.2) is 0 Å². The van der Waals surface area contributed by atoms with Gasteiger partial charge in [-0.05, 0) is 55.0 Å². The number of aryl methyl sites for hydroxylation is 2. The van der Waals surface area contributed by atoms with E-state index in [1.54, 1.807) is 0 Å². The van der Waals surface area contributed by atoms with E-state index in [4.69, 9.17) is 5.73 Å². The standard InChI is InChI=1S/C18H26N2O2/c1-4-8-20-11-13(6-5-7-19)16-10-14(18(21)22)9-15(12(2)3)17(16)20/h9-12H,4-8,19H2,1-3H3,(H,21,22). The highest BCUT2D eigenvalue weighted by atomic mass is 16.4. The van der Waals surface area contributed by atoms with Crippen LogP contribution in [0.4, 0.5) is 0 Å². The third-order valence-electron chi connectivity index (χ3n) is 4.07. The number of nitrogens with zero attached hydrogens (tertiary/aromatic N) is 1. The normalized spacial score (nSPS) is 11.5. The topological polar surface area (TPSA) is 68.2 Å².